The summed E-state index contributed by atoms with van der Waals surface area (Å²) in [6, 6.07) is 0. The van der Waals surface area contributed by atoms with E-state index in [1.54, 1.807) is 0 Å². The molecule has 0 spiro atoms. The Bertz CT molecular complexity index is 373. The van der Waals surface area contributed by atoms with Crippen molar-refractivity contribution in [3.8, 4) is 0 Å². The van der Waals surface area contributed by atoms with Gasteiger partial charge in [-0.25, -0.2) is 9.59 Å². The summed E-state index contributed by atoms with van der Waals surface area (Å²) in [7, 11) is 0. The first-order valence-electron chi connectivity index (χ1n) is 9.74. The second-order valence-electron chi connectivity index (χ2n) is 6.66. The first kappa shape index (κ1) is 26.9. The van der Waals surface area contributed by atoms with Gasteiger partial charge in [0, 0.05) is 11.6 Å². The van der Waals surface area contributed by atoms with Crippen LogP contribution in [0.2, 0.25) is 0 Å². The van der Waals surface area contributed by atoms with Gasteiger partial charge in [-0.2, -0.15) is 0 Å². The molecule has 0 radical (unpaired) electrons. The predicted octanol–water partition coefficient (Wildman–Crippen LogP) is 3.07. The molecule has 0 fully saturated rings. The van der Waals surface area contributed by atoms with Crippen molar-refractivity contribution in [1.29, 1.82) is 0 Å². The van der Waals surface area contributed by atoms with E-state index in [1.165, 1.54) is 70.6 Å². The zero-order chi connectivity index (χ0) is 18.0. The number of unbranched alkanes of at least 4 members (excludes halogenated alkanes) is 13. The molecule has 0 aromatic carbocycles. The van der Waals surface area contributed by atoms with E-state index in [0.717, 1.165) is 25.3 Å². The minimum atomic E-state index is -1.18. The van der Waals surface area contributed by atoms with E-state index in [1.807, 2.05) is 0 Å². The standard InChI is InChI=1S/C20H36O4.Na.H/c1-2-3-4-5-6-7-8-9-10-11-12-13-14-15-16-18(20(23)24)17-19(21)22;;/h17H,2-16H2,1H3,(H,21,22)(H,23,24);;/q;+1;-1/b18-17-;;. The molecule has 0 saturated carbocycles. The number of carbonyl (C=O) groups is 2. The molecule has 0 rings (SSSR count). The molecule has 0 amide bonds. The SMILES string of the molecule is CCCCCCCCCCCCCCCC/C(=C/C(=O)O)C(=O)O.[H-].[Na+]. The summed E-state index contributed by atoms with van der Waals surface area (Å²) in [6.45, 7) is 2.25. The first-order chi connectivity index (χ1) is 11.6. The maximum absolute atomic E-state index is 10.9. The van der Waals surface area contributed by atoms with Crippen LogP contribution >= 0.6 is 0 Å². The van der Waals surface area contributed by atoms with Crippen molar-refractivity contribution in [2.45, 2.75) is 103 Å². The molecule has 0 saturated heterocycles. The largest absolute Gasteiger partial charge is 1.00 e. The molecule has 0 aromatic rings. The third-order valence-electron chi connectivity index (χ3n) is 4.37. The van der Waals surface area contributed by atoms with Crippen molar-refractivity contribution in [2.24, 2.45) is 0 Å². The summed E-state index contributed by atoms with van der Waals surface area (Å²) >= 11 is 0. The van der Waals surface area contributed by atoms with Crippen molar-refractivity contribution >= 4 is 11.9 Å². The molecular weight excluding hydrogens is 327 g/mol. The topological polar surface area (TPSA) is 74.6 Å². The average molecular weight is 365 g/mol. The molecule has 0 unspecified atom stereocenters. The van der Waals surface area contributed by atoms with E-state index >= 15 is 0 Å². The fraction of sp³-hybridized carbons (Fsp3) is 0.800. The predicted molar refractivity (Wildman–Crippen MR) is 99.4 cm³/mol. The van der Waals surface area contributed by atoms with Crippen LogP contribution in [0.4, 0.5) is 0 Å². The summed E-state index contributed by atoms with van der Waals surface area (Å²) in [5.41, 5.74) is 0.00133. The number of aliphatic carboxylic acids is 2. The summed E-state index contributed by atoms with van der Waals surface area (Å²) in [5.74, 6) is -2.30. The average Bonchev–Trinajstić information content (AvgIpc) is 2.53. The van der Waals surface area contributed by atoms with Gasteiger partial charge in [-0.05, 0) is 12.8 Å². The van der Waals surface area contributed by atoms with Crippen LogP contribution in [0.3, 0.4) is 0 Å². The maximum atomic E-state index is 10.9. The Kier molecular flexibility index (Phi) is 21.5. The van der Waals surface area contributed by atoms with Crippen LogP contribution < -0.4 is 29.6 Å². The van der Waals surface area contributed by atoms with Crippen LogP contribution in [0.25, 0.3) is 0 Å². The van der Waals surface area contributed by atoms with Gasteiger partial charge in [-0.1, -0.05) is 90.4 Å². The molecule has 2 N–H and O–H groups in total. The molecule has 0 atom stereocenters. The number of rotatable bonds is 17. The Balaban J connectivity index is -0.00000264. The molecule has 0 heterocycles. The van der Waals surface area contributed by atoms with Crippen LogP contribution in [0.5, 0.6) is 0 Å². The second kappa shape index (κ2) is 20.0. The number of carboxylic acid groups (broad SMARTS) is 2. The van der Waals surface area contributed by atoms with Gasteiger partial charge in [-0.15, -0.1) is 0 Å². The van der Waals surface area contributed by atoms with E-state index in [4.69, 9.17) is 10.2 Å². The molecular formula is C20H37NaO4. The number of carboxylic acids is 2. The smallest absolute Gasteiger partial charge is 1.00 e. The third-order valence-corrected chi connectivity index (χ3v) is 4.37. The Labute approximate surface area is 177 Å². The molecule has 0 aliphatic carbocycles. The fourth-order valence-electron chi connectivity index (χ4n) is 2.90. The molecule has 0 bridgehead atoms. The Morgan fingerprint density at radius 3 is 1.40 bits per heavy atom. The van der Waals surface area contributed by atoms with E-state index in [9.17, 15) is 9.59 Å². The van der Waals surface area contributed by atoms with Crippen molar-refractivity contribution in [2.75, 3.05) is 0 Å². The van der Waals surface area contributed by atoms with Gasteiger partial charge in [0.1, 0.15) is 0 Å². The normalized spacial score (nSPS) is 11.2. The Morgan fingerprint density at radius 1 is 0.720 bits per heavy atom. The molecule has 0 aliphatic heterocycles. The zero-order valence-electron chi connectivity index (χ0n) is 17.4. The minimum Gasteiger partial charge on any atom is -1.00 e. The van der Waals surface area contributed by atoms with Crippen molar-refractivity contribution < 1.29 is 50.8 Å². The summed E-state index contributed by atoms with van der Waals surface area (Å²) in [4.78, 5) is 21.4. The second-order valence-corrected chi connectivity index (χ2v) is 6.66. The van der Waals surface area contributed by atoms with Gasteiger partial charge >= 0.3 is 41.5 Å². The quantitative estimate of drug-likeness (QED) is 0.236. The third kappa shape index (κ3) is 19.8. The van der Waals surface area contributed by atoms with Gasteiger partial charge in [-0.3, -0.25) is 0 Å². The van der Waals surface area contributed by atoms with Crippen molar-refractivity contribution in [3.63, 3.8) is 0 Å². The van der Waals surface area contributed by atoms with Crippen LogP contribution in [0.15, 0.2) is 11.6 Å². The van der Waals surface area contributed by atoms with Gasteiger partial charge in [0.05, 0.1) is 0 Å². The monoisotopic (exact) mass is 364 g/mol. The number of hydrogen-bond acceptors (Lipinski definition) is 2. The van der Waals surface area contributed by atoms with E-state index < -0.39 is 11.9 Å². The summed E-state index contributed by atoms with van der Waals surface area (Å²) in [5, 5.41) is 17.5. The number of hydrogen-bond donors (Lipinski definition) is 2. The van der Waals surface area contributed by atoms with E-state index in [2.05, 4.69) is 6.92 Å². The van der Waals surface area contributed by atoms with E-state index in [0.29, 0.717) is 6.42 Å². The Hall–Kier alpha value is -0.320. The van der Waals surface area contributed by atoms with Crippen LogP contribution in [0, 0.1) is 0 Å². The summed E-state index contributed by atoms with van der Waals surface area (Å²) in [6.07, 6.45) is 18.7. The van der Waals surface area contributed by atoms with Gasteiger partial charge in [0.2, 0.25) is 0 Å². The fourth-order valence-corrected chi connectivity index (χ4v) is 2.90. The van der Waals surface area contributed by atoms with Gasteiger partial charge in [0.15, 0.2) is 0 Å². The molecule has 5 heteroatoms. The zero-order valence-corrected chi connectivity index (χ0v) is 18.4. The Morgan fingerprint density at radius 2 is 1.08 bits per heavy atom. The van der Waals surface area contributed by atoms with Crippen LogP contribution in [0.1, 0.15) is 105 Å². The molecule has 0 aliphatic rings. The van der Waals surface area contributed by atoms with Crippen molar-refractivity contribution in [1.82, 2.24) is 0 Å². The van der Waals surface area contributed by atoms with Crippen LogP contribution in [-0.2, 0) is 9.59 Å². The van der Waals surface area contributed by atoms with Gasteiger partial charge < -0.3 is 11.6 Å². The molecule has 0 aromatic heterocycles. The molecule has 25 heavy (non-hydrogen) atoms. The minimum absolute atomic E-state index is 0. The van der Waals surface area contributed by atoms with E-state index in [-0.39, 0.29) is 36.6 Å². The van der Waals surface area contributed by atoms with Gasteiger partial charge in [0.25, 0.3) is 0 Å². The van der Waals surface area contributed by atoms with Crippen LogP contribution in [-0.4, -0.2) is 22.2 Å². The maximum Gasteiger partial charge on any atom is 1.00 e. The molecule has 4 nitrogen and oxygen atoms in total. The van der Waals surface area contributed by atoms with Crippen molar-refractivity contribution in [3.05, 3.63) is 11.6 Å². The molecule has 142 valence electrons. The summed E-state index contributed by atoms with van der Waals surface area (Å²) < 4.78 is 0. The first-order valence-corrected chi connectivity index (χ1v) is 9.74.